The molecular weight excluding hydrogens is 454 g/mol. The standard InChI is InChI=1S/C21H27FN4.HI/c1-23-21(25-15-17-6-4-9-20(22)14-17)24-11-5-12-26-13-10-18-7-2-3-8-19(18)16-26;/h2-4,6-9,14H,5,10-13,15-16H2,1H3,(H2,23,24,25);1H. The highest BCUT2D eigenvalue weighted by molar-refractivity contribution is 14.0. The van der Waals surface area contributed by atoms with Crippen LogP contribution >= 0.6 is 24.0 Å². The molecule has 2 aromatic rings. The van der Waals surface area contributed by atoms with Crippen molar-refractivity contribution in [1.29, 1.82) is 0 Å². The second kappa shape index (κ2) is 11.2. The molecule has 2 aromatic carbocycles. The van der Waals surface area contributed by atoms with Gasteiger partial charge in [0.2, 0.25) is 0 Å². The van der Waals surface area contributed by atoms with Gasteiger partial charge in [-0.05, 0) is 41.7 Å². The van der Waals surface area contributed by atoms with Crippen LogP contribution in [0, 0.1) is 5.82 Å². The molecule has 6 heteroatoms. The third kappa shape index (κ3) is 6.77. The summed E-state index contributed by atoms with van der Waals surface area (Å²) in [5.74, 6) is 0.536. The van der Waals surface area contributed by atoms with Crippen LogP contribution in [-0.4, -0.2) is 37.5 Å². The van der Waals surface area contributed by atoms with Crippen LogP contribution in [0.2, 0.25) is 0 Å². The van der Waals surface area contributed by atoms with E-state index in [2.05, 4.69) is 44.8 Å². The summed E-state index contributed by atoms with van der Waals surface area (Å²) in [7, 11) is 1.75. The van der Waals surface area contributed by atoms with Crippen molar-refractivity contribution < 1.29 is 4.39 Å². The molecule has 0 unspecified atom stereocenters. The van der Waals surface area contributed by atoms with Gasteiger partial charge in [-0.2, -0.15) is 0 Å². The van der Waals surface area contributed by atoms with Crippen LogP contribution in [0.5, 0.6) is 0 Å². The van der Waals surface area contributed by atoms with Gasteiger partial charge in [0.25, 0.3) is 0 Å². The van der Waals surface area contributed by atoms with Crippen molar-refractivity contribution >= 4 is 29.9 Å². The summed E-state index contributed by atoms with van der Waals surface area (Å²) in [6, 6.07) is 15.3. The molecule has 146 valence electrons. The maximum atomic E-state index is 13.2. The summed E-state index contributed by atoms with van der Waals surface area (Å²) < 4.78 is 13.2. The molecule has 4 nitrogen and oxygen atoms in total. The number of nitrogens with zero attached hydrogens (tertiary/aromatic N) is 2. The zero-order chi connectivity index (χ0) is 18.2. The molecule has 27 heavy (non-hydrogen) atoms. The Kier molecular flexibility index (Phi) is 9.00. The van der Waals surface area contributed by atoms with Gasteiger partial charge in [0.1, 0.15) is 5.82 Å². The third-order valence-electron chi connectivity index (χ3n) is 4.73. The van der Waals surface area contributed by atoms with Gasteiger partial charge in [0, 0.05) is 39.8 Å². The first-order chi connectivity index (χ1) is 12.7. The average Bonchev–Trinajstić information content (AvgIpc) is 2.67. The molecule has 1 aliphatic heterocycles. The summed E-state index contributed by atoms with van der Waals surface area (Å²) in [5, 5.41) is 6.55. The lowest BCUT2D eigenvalue weighted by Gasteiger charge is -2.28. The Morgan fingerprint density at radius 3 is 2.70 bits per heavy atom. The average molecular weight is 482 g/mol. The largest absolute Gasteiger partial charge is 0.356 e. The van der Waals surface area contributed by atoms with Crippen LogP contribution in [-0.2, 0) is 19.5 Å². The van der Waals surface area contributed by atoms with Crippen LogP contribution in [0.1, 0.15) is 23.1 Å². The number of rotatable bonds is 6. The minimum Gasteiger partial charge on any atom is -0.356 e. The molecule has 0 saturated carbocycles. The van der Waals surface area contributed by atoms with Crippen molar-refractivity contribution in [2.45, 2.75) is 25.9 Å². The number of hydrogen-bond acceptors (Lipinski definition) is 2. The Balaban J connectivity index is 0.00000261. The quantitative estimate of drug-likeness (QED) is 0.287. The number of hydrogen-bond donors (Lipinski definition) is 2. The summed E-state index contributed by atoms with van der Waals surface area (Å²) in [6.45, 7) is 4.66. The van der Waals surface area contributed by atoms with E-state index < -0.39 is 0 Å². The van der Waals surface area contributed by atoms with Crippen molar-refractivity contribution in [1.82, 2.24) is 15.5 Å². The molecule has 2 N–H and O–H groups in total. The first kappa shape index (κ1) is 21.6. The lowest BCUT2D eigenvalue weighted by Crippen LogP contribution is -2.39. The first-order valence-corrected chi connectivity index (χ1v) is 9.22. The number of halogens is 2. The fourth-order valence-electron chi connectivity index (χ4n) is 3.31. The van der Waals surface area contributed by atoms with Gasteiger partial charge in [-0.25, -0.2) is 4.39 Å². The monoisotopic (exact) mass is 482 g/mol. The van der Waals surface area contributed by atoms with Crippen LogP contribution in [0.25, 0.3) is 0 Å². The molecule has 0 aromatic heterocycles. The topological polar surface area (TPSA) is 39.7 Å². The smallest absolute Gasteiger partial charge is 0.191 e. The number of guanidine groups is 1. The van der Waals surface area contributed by atoms with E-state index in [1.807, 2.05) is 6.07 Å². The molecule has 0 bridgehead atoms. The van der Waals surface area contributed by atoms with E-state index in [9.17, 15) is 4.39 Å². The van der Waals surface area contributed by atoms with E-state index in [1.54, 1.807) is 13.1 Å². The highest BCUT2D eigenvalue weighted by Crippen LogP contribution is 2.18. The molecule has 0 atom stereocenters. The molecule has 1 heterocycles. The second-order valence-electron chi connectivity index (χ2n) is 6.63. The van der Waals surface area contributed by atoms with E-state index >= 15 is 0 Å². The predicted octanol–water partition coefficient (Wildman–Crippen LogP) is 3.56. The second-order valence-corrected chi connectivity index (χ2v) is 6.63. The van der Waals surface area contributed by atoms with Crippen molar-refractivity contribution in [2.75, 3.05) is 26.7 Å². The fraction of sp³-hybridized carbons (Fsp3) is 0.381. The van der Waals surface area contributed by atoms with E-state index in [-0.39, 0.29) is 29.8 Å². The van der Waals surface area contributed by atoms with Crippen molar-refractivity contribution in [3.8, 4) is 0 Å². The minimum absolute atomic E-state index is 0. The molecule has 0 fully saturated rings. The maximum Gasteiger partial charge on any atom is 0.191 e. The molecule has 1 aliphatic rings. The highest BCUT2D eigenvalue weighted by atomic mass is 127. The normalized spacial score (nSPS) is 14.2. The van der Waals surface area contributed by atoms with Crippen molar-refractivity contribution in [3.63, 3.8) is 0 Å². The molecular formula is C21H28FIN4. The van der Waals surface area contributed by atoms with E-state index in [1.165, 1.54) is 23.3 Å². The lowest BCUT2D eigenvalue weighted by molar-refractivity contribution is 0.251. The summed E-state index contributed by atoms with van der Waals surface area (Å²) >= 11 is 0. The molecule has 0 amide bonds. The highest BCUT2D eigenvalue weighted by Gasteiger charge is 2.14. The fourth-order valence-corrected chi connectivity index (χ4v) is 3.31. The molecule has 0 saturated heterocycles. The molecule has 0 radical (unpaired) electrons. The van der Waals surface area contributed by atoms with E-state index in [0.717, 1.165) is 50.5 Å². The Labute approximate surface area is 178 Å². The zero-order valence-corrected chi connectivity index (χ0v) is 18.1. The summed E-state index contributed by atoms with van der Waals surface area (Å²) in [4.78, 5) is 6.73. The molecule has 0 aliphatic carbocycles. The SMILES string of the molecule is CN=C(NCCCN1CCc2ccccc2C1)NCc1cccc(F)c1.I. The molecule has 0 spiro atoms. The third-order valence-corrected chi connectivity index (χ3v) is 4.73. The van der Waals surface area contributed by atoms with Crippen LogP contribution < -0.4 is 10.6 Å². The van der Waals surface area contributed by atoms with Crippen LogP contribution in [0.4, 0.5) is 4.39 Å². The van der Waals surface area contributed by atoms with E-state index in [4.69, 9.17) is 0 Å². The summed E-state index contributed by atoms with van der Waals surface area (Å²) in [6.07, 6.45) is 2.20. The Hall–Kier alpha value is -1.67. The Morgan fingerprint density at radius 2 is 1.93 bits per heavy atom. The van der Waals surface area contributed by atoms with Crippen molar-refractivity contribution in [2.24, 2.45) is 4.99 Å². The molecule has 3 rings (SSSR count). The van der Waals surface area contributed by atoms with E-state index in [0.29, 0.717) is 6.54 Å². The van der Waals surface area contributed by atoms with Crippen LogP contribution in [0.3, 0.4) is 0 Å². The number of fused-ring (bicyclic) bond motifs is 1. The predicted molar refractivity (Wildman–Crippen MR) is 120 cm³/mol. The van der Waals surface area contributed by atoms with Gasteiger partial charge in [-0.3, -0.25) is 9.89 Å². The Bertz CT molecular complexity index is 750. The number of nitrogens with one attached hydrogen (secondary N) is 2. The van der Waals surface area contributed by atoms with Gasteiger partial charge in [-0.1, -0.05) is 36.4 Å². The van der Waals surface area contributed by atoms with Gasteiger partial charge >= 0.3 is 0 Å². The van der Waals surface area contributed by atoms with Gasteiger partial charge in [0.15, 0.2) is 5.96 Å². The van der Waals surface area contributed by atoms with Crippen molar-refractivity contribution in [3.05, 3.63) is 71.0 Å². The first-order valence-electron chi connectivity index (χ1n) is 9.22. The minimum atomic E-state index is -0.213. The number of aliphatic imine (C=N–C) groups is 1. The lowest BCUT2D eigenvalue weighted by atomic mass is 10.00. The van der Waals surface area contributed by atoms with Crippen LogP contribution in [0.15, 0.2) is 53.5 Å². The zero-order valence-electron chi connectivity index (χ0n) is 15.7. The maximum absolute atomic E-state index is 13.2. The van der Waals surface area contributed by atoms with Gasteiger partial charge in [-0.15, -0.1) is 24.0 Å². The van der Waals surface area contributed by atoms with Gasteiger partial charge in [0.05, 0.1) is 0 Å². The summed E-state index contributed by atoms with van der Waals surface area (Å²) in [5.41, 5.74) is 3.85. The Morgan fingerprint density at radius 1 is 1.11 bits per heavy atom. The van der Waals surface area contributed by atoms with Gasteiger partial charge < -0.3 is 10.6 Å². The number of benzene rings is 2.